The Hall–Kier alpha value is -4.76. The van der Waals surface area contributed by atoms with Gasteiger partial charge in [-0.15, -0.1) is 0 Å². The van der Waals surface area contributed by atoms with E-state index in [-0.39, 0.29) is 17.0 Å². The molecule has 1 amide bonds. The Morgan fingerprint density at radius 2 is 1.52 bits per heavy atom. The SMILES string of the molecule is COC(=O)C1=C(C)NC(C)=C(C(=O)NCCCN2CCC(c3ccccc3)(c3ccc(C)cc3)CC2)C1c1ccc([N+](=O)[O-])cc1. The van der Waals surface area contributed by atoms with Crippen LogP contribution in [0.1, 0.15) is 61.3 Å². The highest BCUT2D eigenvalue weighted by atomic mass is 16.6. The quantitative estimate of drug-likeness (QED) is 0.125. The number of rotatable bonds is 10. The highest BCUT2D eigenvalue weighted by molar-refractivity contribution is 6.02. The number of nitro benzene ring substituents is 1. The van der Waals surface area contributed by atoms with Gasteiger partial charge in [0.15, 0.2) is 0 Å². The molecule has 46 heavy (non-hydrogen) atoms. The molecule has 2 N–H and O–H groups in total. The van der Waals surface area contributed by atoms with Crippen molar-refractivity contribution in [1.29, 1.82) is 0 Å². The van der Waals surface area contributed by atoms with E-state index in [2.05, 4.69) is 77.1 Å². The number of nitro groups is 1. The van der Waals surface area contributed by atoms with E-state index >= 15 is 0 Å². The lowest BCUT2D eigenvalue weighted by molar-refractivity contribution is -0.384. The third-order valence-electron chi connectivity index (χ3n) is 9.42. The fourth-order valence-corrected chi connectivity index (χ4v) is 6.93. The van der Waals surface area contributed by atoms with Gasteiger partial charge >= 0.3 is 5.97 Å². The van der Waals surface area contributed by atoms with Gasteiger partial charge in [0.2, 0.25) is 5.91 Å². The second-order valence-electron chi connectivity index (χ2n) is 12.2. The zero-order chi connectivity index (χ0) is 32.8. The molecule has 2 aliphatic rings. The molecule has 2 aliphatic heterocycles. The summed E-state index contributed by atoms with van der Waals surface area (Å²) < 4.78 is 5.07. The standard InChI is InChI=1S/C37H42N4O5/c1-25-11-15-30(16-12-25)37(29-9-6-5-7-10-29)19-23-40(24-20-37)22-8-21-38-35(42)32-26(2)39-27(3)33(36(43)46-4)34(32)28-13-17-31(18-14-28)41(44)45/h5-7,9-18,34,39H,8,19-24H2,1-4H3,(H,38,42). The van der Waals surface area contributed by atoms with Crippen molar-refractivity contribution in [2.24, 2.45) is 0 Å². The second-order valence-corrected chi connectivity index (χ2v) is 12.2. The number of hydrogen-bond donors (Lipinski definition) is 2. The van der Waals surface area contributed by atoms with Crippen molar-refractivity contribution < 1.29 is 19.2 Å². The molecule has 0 aromatic heterocycles. The second kappa shape index (κ2) is 14.1. The summed E-state index contributed by atoms with van der Waals surface area (Å²) in [4.78, 5) is 39.8. The van der Waals surface area contributed by atoms with Gasteiger partial charge in [0.1, 0.15) is 0 Å². The largest absolute Gasteiger partial charge is 0.466 e. The molecule has 0 bridgehead atoms. The zero-order valence-electron chi connectivity index (χ0n) is 27.0. The molecule has 5 rings (SSSR count). The van der Waals surface area contributed by atoms with Gasteiger partial charge in [0, 0.05) is 41.1 Å². The van der Waals surface area contributed by atoms with Gasteiger partial charge in [-0.05, 0) is 76.4 Å². The maximum Gasteiger partial charge on any atom is 0.336 e. The fourth-order valence-electron chi connectivity index (χ4n) is 6.93. The van der Waals surface area contributed by atoms with Crippen LogP contribution >= 0.6 is 0 Å². The lowest BCUT2D eigenvalue weighted by Crippen LogP contribution is -2.44. The van der Waals surface area contributed by atoms with E-state index in [0.717, 1.165) is 38.9 Å². The molecule has 1 fully saturated rings. The lowest BCUT2D eigenvalue weighted by Gasteiger charge is -2.43. The number of nitrogens with one attached hydrogen (secondary N) is 2. The zero-order valence-corrected chi connectivity index (χ0v) is 27.0. The van der Waals surface area contributed by atoms with E-state index in [1.165, 1.54) is 35.9 Å². The molecule has 0 aliphatic carbocycles. The highest BCUT2D eigenvalue weighted by Gasteiger charge is 2.39. The lowest BCUT2D eigenvalue weighted by atomic mass is 9.68. The molecule has 2 heterocycles. The number of hydrogen-bond acceptors (Lipinski definition) is 7. The molecule has 1 saturated heterocycles. The van der Waals surface area contributed by atoms with Crippen LogP contribution in [-0.4, -0.2) is 55.0 Å². The number of dihydropyridines is 1. The first-order chi connectivity index (χ1) is 22.1. The first-order valence-corrected chi connectivity index (χ1v) is 15.8. The molecule has 0 radical (unpaired) electrons. The monoisotopic (exact) mass is 622 g/mol. The molecular weight excluding hydrogens is 580 g/mol. The van der Waals surface area contributed by atoms with Crippen molar-refractivity contribution in [2.75, 3.05) is 33.3 Å². The Balaban J connectivity index is 1.24. The smallest absolute Gasteiger partial charge is 0.336 e. The fraction of sp³-hybridized carbons (Fsp3) is 0.351. The first kappa shape index (κ1) is 32.6. The molecule has 3 aromatic carbocycles. The van der Waals surface area contributed by atoms with Crippen LogP contribution in [0.3, 0.4) is 0 Å². The number of likely N-dealkylation sites (tertiary alicyclic amines) is 1. The molecule has 3 aromatic rings. The van der Waals surface area contributed by atoms with Crippen LogP contribution in [0.5, 0.6) is 0 Å². The predicted octanol–water partition coefficient (Wildman–Crippen LogP) is 5.90. The maximum atomic E-state index is 13.7. The minimum Gasteiger partial charge on any atom is -0.466 e. The van der Waals surface area contributed by atoms with E-state index in [1.54, 1.807) is 26.0 Å². The molecular formula is C37H42N4O5. The Morgan fingerprint density at radius 3 is 2.13 bits per heavy atom. The maximum absolute atomic E-state index is 13.7. The summed E-state index contributed by atoms with van der Waals surface area (Å²) in [7, 11) is 1.30. The van der Waals surface area contributed by atoms with Gasteiger partial charge in [0.25, 0.3) is 5.69 Å². The van der Waals surface area contributed by atoms with Crippen LogP contribution < -0.4 is 10.6 Å². The summed E-state index contributed by atoms with van der Waals surface area (Å²) in [5.41, 5.74) is 6.37. The van der Waals surface area contributed by atoms with Crippen molar-refractivity contribution in [2.45, 2.75) is 51.4 Å². The number of amides is 1. The van der Waals surface area contributed by atoms with Gasteiger partial charge in [0.05, 0.1) is 23.5 Å². The predicted molar refractivity (Wildman–Crippen MR) is 178 cm³/mol. The van der Waals surface area contributed by atoms with E-state index in [0.29, 0.717) is 34.6 Å². The number of carbonyl (C=O) groups is 2. The van der Waals surface area contributed by atoms with E-state index in [1.807, 2.05) is 0 Å². The third-order valence-corrected chi connectivity index (χ3v) is 9.42. The summed E-state index contributed by atoms with van der Waals surface area (Å²) >= 11 is 0. The summed E-state index contributed by atoms with van der Waals surface area (Å²) in [5, 5.41) is 17.5. The van der Waals surface area contributed by atoms with Gasteiger partial charge in [-0.3, -0.25) is 14.9 Å². The van der Waals surface area contributed by atoms with Gasteiger partial charge in [-0.2, -0.15) is 0 Å². The normalized spacial score (nSPS) is 18.1. The van der Waals surface area contributed by atoms with Crippen molar-refractivity contribution in [1.82, 2.24) is 15.5 Å². The molecule has 0 spiro atoms. The topological polar surface area (TPSA) is 114 Å². The average Bonchev–Trinajstić information content (AvgIpc) is 3.07. The number of ether oxygens (including phenoxy) is 1. The number of nitrogens with zero attached hydrogens (tertiary/aromatic N) is 2. The van der Waals surface area contributed by atoms with Crippen molar-refractivity contribution >= 4 is 17.6 Å². The van der Waals surface area contributed by atoms with E-state index < -0.39 is 16.8 Å². The molecule has 9 nitrogen and oxygen atoms in total. The summed E-state index contributed by atoms with van der Waals surface area (Å²) in [6.45, 7) is 8.91. The van der Waals surface area contributed by atoms with Crippen LogP contribution in [0, 0.1) is 17.0 Å². The summed E-state index contributed by atoms with van der Waals surface area (Å²) in [6, 6.07) is 25.7. The third kappa shape index (κ3) is 6.74. The number of aryl methyl sites for hydroxylation is 1. The molecule has 0 saturated carbocycles. The molecule has 9 heteroatoms. The highest BCUT2D eigenvalue weighted by Crippen LogP contribution is 2.42. The number of esters is 1. The Labute approximate surface area is 270 Å². The minimum atomic E-state index is -0.732. The van der Waals surface area contributed by atoms with Gasteiger partial charge < -0.3 is 20.3 Å². The van der Waals surface area contributed by atoms with Crippen molar-refractivity contribution in [3.63, 3.8) is 0 Å². The first-order valence-electron chi connectivity index (χ1n) is 15.8. The minimum absolute atomic E-state index is 0.0203. The summed E-state index contributed by atoms with van der Waals surface area (Å²) in [6.07, 6.45) is 2.81. The number of piperidine rings is 1. The number of benzene rings is 3. The number of allylic oxidation sites excluding steroid dienone is 2. The Bertz CT molecular complexity index is 1640. The Kier molecular flexibility index (Phi) is 10.0. The van der Waals surface area contributed by atoms with Gasteiger partial charge in [-0.1, -0.05) is 72.3 Å². The average molecular weight is 623 g/mol. The van der Waals surface area contributed by atoms with E-state index in [9.17, 15) is 19.7 Å². The van der Waals surface area contributed by atoms with Gasteiger partial charge in [-0.25, -0.2) is 4.79 Å². The van der Waals surface area contributed by atoms with Crippen LogP contribution in [0.2, 0.25) is 0 Å². The van der Waals surface area contributed by atoms with Crippen LogP contribution in [0.25, 0.3) is 0 Å². The van der Waals surface area contributed by atoms with Crippen molar-refractivity contribution in [3.8, 4) is 0 Å². The molecule has 1 atom stereocenters. The van der Waals surface area contributed by atoms with Crippen LogP contribution in [-0.2, 0) is 19.7 Å². The molecule has 1 unspecified atom stereocenters. The summed E-state index contributed by atoms with van der Waals surface area (Å²) in [5.74, 6) is -1.58. The van der Waals surface area contributed by atoms with E-state index in [4.69, 9.17) is 4.74 Å². The van der Waals surface area contributed by atoms with Crippen molar-refractivity contribution in [3.05, 3.63) is 134 Å². The molecule has 240 valence electrons. The van der Waals surface area contributed by atoms with Crippen LogP contribution in [0.4, 0.5) is 5.69 Å². The number of methoxy groups -OCH3 is 1. The number of non-ortho nitro benzene ring substituents is 1. The number of carbonyl (C=O) groups excluding carboxylic acids is 2. The van der Waals surface area contributed by atoms with Crippen LogP contribution in [0.15, 0.2) is 101 Å². The Morgan fingerprint density at radius 1 is 0.913 bits per heavy atom.